The zero-order chi connectivity index (χ0) is 19.7. The van der Waals surface area contributed by atoms with Crippen LogP contribution in [-0.4, -0.2) is 53.4 Å². The fourth-order valence-corrected chi connectivity index (χ4v) is 3.86. The Morgan fingerprint density at radius 2 is 1.82 bits per heavy atom. The first-order valence-electron chi connectivity index (χ1n) is 9.55. The third kappa shape index (κ3) is 3.65. The number of carbonyl (C=O) groups excluding carboxylic acids is 1. The second-order valence-corrected chi connectivity index (χ2v) is 7.52. The van der Waals surface area contributed by atoms with E-state index in [1.807, 2.05) is 18.2 Å². The summed E-state index contributed by atoms with van der Waals surface area (Å²) >= 11 is 6.21. The predicted molar refractivity (Wildman–Crippen MR) is 110 cm³/mol. The zero-order valence-electron chi connectivity index (χ0n) is 15.8. The molecule has 2 aromatic rings. The molecular formula is C22H23ClN2O3. The quantitative estimate of drug-likeness (QED) is 0.794. The lowest BCUT2D eigenvalue weighted by Crippen LogP contribution is -2.45. The van der Waals surface area contributed by atoms with Crippen LogP contribution in [0.15, 0.2) is 42.2 Å². The molecule has 0 bridgehead atoms. The summed E-state index contributed by atoms with van der Waals surface area (Å²) in [7, 11) is 0. The van der Waals surface area contributed by atoms with Gasteiger partial charge in [-0.1, -0.05) is 36.7 Å². The van der Waals surface area contributed by atoms with E-state index in [-0.39, 0.29) is 17.3 Å². The van der Waals surface area contributed by atoms with Gasteiger partial charge in [0.05, 0.1) is 11.1 Å². The molecule has 6 heteroatoms. The summed E-state index contributed by atoms with van der Waals surface area (Å²) in [6.07, 6.45) is 1.66. The van der Waals surface area contributed by atoms with Crippen LogP contribution >= 0.6 is 11.6 Å². The number of piperazine rings is 1. The number of rotatable bonds is 4. The second-order valence-electron chi connectivity index (χ2n) is 7.11. The van der Waals surface area contributed by atoms with Crippen LogP contribution in [0, 0.1) is 0 Å². The van der Waals surface area contributed by atoms with E-state index in [1.165, 1.54) is 0 Å². The maximum Gasteiger partial charge on any atom is 0.231 e. The normalized spacial score (nSPS) is 19.1. The molecule has 0 spiro atoms. The number of benzene rings is 2. The summed E-state index contributed by atoms with van der Waals surface area (Å²) in [5.41, 5.74) is 1.87. The van der Waals surface area contributed by atoms with Crippen LogP contribution in [0.1, 0.15) is 28.4 Å². The van der Waals surface area contributed by atoms with Gasteiger partial charge in [0.1, 0.15) is 11.5 Å². The Hall–Kier alpha value is -2.34. The zero-order valence-corrected chi connectivity index (χ0v) is 16.6. The molecular weight excluding hydrogens is 376 g/mol. The Balaban J connectivity index is 1.60. The van der Waals surface area contributed by atoms with Crippen LogP contribution in [-0.2, 0) is 6.54 Å². The molecule has 2 aromatic carbocycles. The fraction of sp³-hybridized carbons (Fsp3) is 0.318. The lowest BCUT2D eigenvalue weighted by molar-refractivity contribution is 0.101. The van der Waals surface area contributed by atoms with Gasteiger partial charge >= 0.3 is 0 Å². The van der Waals surface area contributed by atoms with Crippen molar-refractivity contribution in [3.8, 4) is 11.5 Å². The topological polar surface area (TPSA) is 53.0 Å². The number of ketones is 1. The highest BCUT2D eigenvalue weighted by molar-refractivity contribution is 6.32. The molecule has 1 N–H and O–H groups in total. The van der Waals surface area contributed by atoms with Crippen LogP contribution in [0.3, 0.4) is 0 Å². The molecule has 0 aliphatic carbocycles. The van der Waals surface area contributed by atoms with E-state index in [0.717, 1.165) is 38.3 Å². The van der Waals surface area contributed by atoms with Gasteiger partial charge in [-0.3, -0.25) is 9.69 Å². The number of Topliss-reactive ketones (excluding diaryl/α,β-unsaturated/α-hetero) is 1. The number of aromatic hydroxyl groups is 1. The summed E-state index contributed by atoms with van der Waals surface area (Å²) in [5, 5.41) is 11.0. The average molecular weight is 399 g/mol. The standard InChI is InChI=1S/C22H23ClN2O3/c1-2-24-9-11-25(12-10-24)14-17-19(26)8-7-16-21(27)20(28-22(16)17)13-15-5-3-4-6-18(15)23/h3-8,13,26H,2,9-12,14H2,1H3. The number of hydrogen-bond acceptors (Lipinski definition) is 5. The first-order valence-corrected chi connectivity index (χ1v) is 9.93. The van der Waals surface area contributed by atoms with Crippen molar-refractivity contribution in [2.45, 2.75) is 13.5 Å². The number of phenolic OH excluding ortho intramolecular Hbond substituents is 1. The minimum atomic E-state index is -0.188. The summed E-state index contributed by atoms with van der Waals surface area (Å²) in [4.78, 5) is 17.5. The van der Waals surface area contributed by atoms with Crippen molar-refractivity contribution in [2.75, 3.05) is 32.7 Å². The Bertz CT molecular complexity index is 933. The Morgan fingerprint density at radius 3 is 2.54 bits per heavy atom. The number of nitrogens with zero attached hydrogens (tertiary/aromatic N) is 2. The number of hydrogen-bond donors (Lipinski definition) is 1. The second kappa shape index (κ2) is 7.95. The molecule has 2 heterocycles. The Morgan fingerprint density at radius 1 is 1.11 bits per heavy atom. The maximum atomic E-state index is 12.8. The molecule has 0 saturated carbocycles. The van der Waals surface area contributed by atoms with Gasteiger partial charge in [0.25, 0.3) is 0 Å². The molecule has 0 radical (unpaired) electrons. The molecule has 28 heavy (non-hydrogen) atoms. The lowest BCUT2D eigenvalue weighted by atomic mass is 10.0. The first-order chi connectivity index (χ1) is 13.6. The van der Waals surface area contributed by atoms with E-state index in [1.54, 1.807) is 24.3 Å². The highest BCUT2D eigenvalue weighted by Crippen LogP contribution is 2.40. The molecule has 0 unspecified atom stereocenters. The van der Waals surface area contributed by atoms with Crippen molar-refractivity contribution in [3.63, 3.8) is 0 Å². The largest absolute Gasteiger partial charge is 0.507 e. The van der Waals surface area contributed by atoms with Gasteiger partial charge in [-0.2, -0.15) is 0 Å². The van der Waals surface area contributed by atoms with Crippen LogP contribution in [0.4, 0.5) is 0 Å². The van der Waals surface area contributed by atoms with Gasteiger partial charge < -0.3 is 14.7 Å². The van der Waals surface area contributed by atoms with Gasteiger partial charge in [-0.05, 0) is 36.4 Å². The minimum Gasteiger partial charge on any atom is -0.507 e. The van der Waals surface area contributed by atoms with Crippen LogP contribution < -0.4 is 4.74 Å². The Kier molecular flexibility index (Phi) is 5.40. The van der Waals surface area contributed by atoms with E-state index in [2.05, 4.69) is 16.7 Å². The van der Waals surface area contributed by atoms with E-state index in [4.69, 9.17) is 16.3 Å². The van der Waals surface area contributed by atoms with Crippen LogP contribution in [0.25, 0.3) is 6.08 Å². The molecule has 0 atom stereocenters. The number of carbonyl (C=O) groups is 1. The van der Waals surface area contributed by atoms with Crippen molar-refractivity contribution >= 4 is 23.5 Å². The number of ether oxygens (including phenoxy) is 1. The lowest BCUT2D eigenvalue weighted by Gasteiger charge is -2.34. The van der Waals surface area contributed by atoms with E-state index in [9.17, 15) is 9.90 Å². The third-order valence-electron chi connectivity index (χ3n) is 5.40. The minimum absolute atomic E-state index is 0.156. The summed E-state index contributed by atoms with van der Waals surface area (Å²) in [6.45, 7) is 7.62. The third-order valence-corrected chi connectivity index (χ3v) is 5.75. The van der Waals surface area contributed by atoms with Crippen molar-refractivity contribution < 1.29 is 14.6 Å². The number of fused-ring (bicyclic) bond motifs is 1. The maximum absolute atomic E-state index is 12.8. The van der Waals surface area contributed by atoms with Crippen molar-refractivity contribution in [1.29, 1.82) is 0 Å². The smallest absolute Gasteiger partial charge is 0.231 e. The summed E-state index contributed by atoms with van der Waals surface area (Å²) < 4.78 is 5.93. The van der Waals surface area contributed by atoms with Crippen LogP contribution in [0.5, 0.6) is 11.5 Å². The van der Waals surface area contributed by atoms with E-state index < -0.39 is 0 Å². The molecule has 2 aliphatic rings. The van der Waals surface area contributed by atoms with E-state index in [0.29, 0.717) is 28.4 Å². The number of halogens is 1. The molecule has 1 saturated heterocycles. The van der Waals surface area contributed by atoms with E-state index >= 15 is 0 Å². The number of phenols is 1. The molecule has 0 amide bonds. The Labute approximate surface area is 169 Å². The van der Waals surface area contributed by atoms with Crippen molar-refractivity contribution in [2.24, 2.45) is 0 Å². The number of likely N-dealkylation sites (N-methyl/N-ethyl adjacent to an activating group) is 1. The highest BCUT2D eigenvalue weighted by Gasteiger charge is 2.32. The average Bonchev–Trinajstić information content (AvgIpc) is 3.02. The van der Waals surface area contributed by atoms with Crippen molar-refractivity contribution in [1.82, 2.24) is 9.80 Å². The van der Waals surface area contributed by atoms with Gasteiger partial charge in [0.15, 0.2) is 5.76 Å². The van der Waals surface area contributed by atoms with Gasteiger partial charge in [0.2, 0.25) is 5.78 Å². The first kappa shape index (κ1) is 19.0. The highest BCUT2D eigenvalue weighted by atomic mass is 35.5. The molecule has 2 aliphatic heterocycles. The van der Waals surface area contributed by atoms with Gasteiger partial charge in [-0.25, -0.2) is 0 Å². The van der Waals surface area contributed by atoms with Crippen molar-refractivity contribution in [3.05, 3.63) is 63.9 Å². The SMILES string of the molecule is CCN1CCN(Cc2c(O)ccc3c2OC(=Cc2ccccc2Cl)C3=O)CC1. The number of allylic oxidation sites excluding steroid dienone is 1. The van der Waals surface area contributed by atoms with Gasteiger partial charge in [0, 0.05) is 37.7 Å². The molecule has 0 aromatic heterocycles. The summed E-state index contributed by atoms with van der Waals surface area (Å²) in [5.74, 6) is 0.655. The predicted octanol–water partition coefficient (Wildman–Crippen LogP) is 3.80. The molecule has 4 rings (SSSR count). The molecule has 146 valence electrons. The molecule has 5 nitrogen and oxygen atoms in total. The van der Waals surface area contributed by atoms with Crippen LogP contribution in [0.2, 0.25) is 5.02 Å². The monoisotopic (exact) mass is 398 g/mol. The summed E-state index contributed by atoms with van der Waals surface area (Å²) in [6, 6.07) is 10.5. The molecule has 1 fully saturated rings. The van der Waals surface area contributed by atoms with Gasteiger partial charge in [-0.15, -0.1) is 0 Å². The fourth-order valence-electron chi connectivity index (χ4n) is 3.67.